The van der Waals surface area contributed by atoms with Crippen molar-refractivity contribution in [3.63, 3.8) is 0 Å². The lowest BCUT2D eigenvalue weighted by Crippen LogP contribution is -2.21. The maximum Gasteiger partial charge on any atom is 0.323 e. The van der Waals surface area contributed by atoms with Crippen LogP contribution in [0.4, 0.5) is 16.2 Å². The third kappa shape index (κ3) is 3.44. The normalized spacial score (nSPS) is 10.1. The zero-order chi connectivity index (χ0) is 16.1. The Hall–Kier alpha value is -2.80. The summed E-state index contributed by atoms with van der Waals surface area (Å²) in [4.78, 5) is 12.2. The predicted octanol–water partition coefficient (Wildman–Crippen LogP) is 4.63. The summed E-state index contributed by atoms with van der Waals surface area (Å²) in [6.07, 6.45) is 0. The molecule has 0 radical (unpaired) electrons. The number of carbonyl (C=O) groups excluding carboxylic acids is 1. The first-order valence-electron chi connectivity index (χ1n) is 7.19. The average Bonchev–Trinajstić information content (AvgIpc) is 2.49. The van der Waals surface area contributed by atoms with E-state index in [0.717, 1.165) is 16.8 Å². The summed E-state index contributed by atoms with van der Waals surface area (Å²) in [7, 11) is 0. The van der Waals surface area contributed by atoms with Crippen molar-refractivity contribution in [2.75, 3.05) is 10.6 Å². The zero-order valence-electron chi connectivity index (χ0n) is 13.0. The summed E-state index contributed by atoms with van der Waals surface area (Å²) in [5.41, 5.74) is 3.86. The highest BCUT2D eigenvalue weighted by atomic mass is 16.2. The number of urea groups is 1. The molecule has 2 rings (SSSR count). The fraction of sp³-hybridized carbons (Fsp3) is 0.222. The topological polar surface area (TPSA) is 64.9 Å². The molecule has 0 fully saturated rings. The van der Waals surface area contributed by atoms with Crippen LogP contribution in [0.1, 0.15) is 36.5 Å². The first-order chi connectivity index (χ1) is 10.5. The Morgan fingerprint density at radius 1 is 1.09 bits per heavy atom. The van der Waals surface area contributed by atoms with Crippen LogP contribution in [0.15, 0.2) is 42.5 Å². The molecule has 112 valence electrons. The maximum absolute atomic E-state index is 12.2. The first kappa shape index (κ1) is 15.6. The highest BCUT2D eigenvalue weighted by molar-refractivity contribution is 6.01. The van der Waals surface area contributed by atoms with Crippen molar-refractivity contribution < 1.29 is 4.79 Å². The van der Waals surface area contributed by atoms with E-state index < -0.39 is 0 Å². The van der Waals surface area contributed by atoms with E-state index in [4.69, 9.17) is 5.26 Å². The van der Waals surface area contributed by atoms with E-state index in [-0.39, 0.29) is 6.03 Å². The lowest BCUT2D eigenvalue weighted by Gasteiger charge is -2.17. The third-order valence-electron chi connectivity index (χ3n) is 3.46. The number of hydrogen-bond donors (Lipinski definition) is 2. The molecule has 4 heteroatoms. The van der Waals surface area contributed by atoms with Crippen molar-refractivity contribution in [1.82, 2.24) is 0 Å². The number of aryl methyl sites for hydroxylation is 1. The summed E-state index contributed by atoms with van der Waals surface area (Å²) >= 11 is 0. The molecule has 2 aromatic carbocycles. The van der Waals surface area contributed by atoms with Gasteiger partial charge in [-0.1, -0.05) is 44.2 Å². The molecule has 2 amide bonds. The van der Waals surface area contributed by atoms with Crippen LogP contribution in [0.5, 0.6) is 0 Å². The molecule has 0 bridgehead atoms. The molecule has 0 unspecified atom stereocenters. The second-order valence-electron chi connectivity index (χ2n) is 5.43. The van der Waals surface area contributed by atoms with Gasteiger partial charge >= 0.3 is 6.03 Å². The van der Waals surface area contributed by atoms with Gasteiger partial charge in [-0.05, 0) is 36.1 Å². The second-order valence-corrected chi connectivity index (χ2v) is 5.43. The monoisotopic (exact) mass is 293 g/mol. The number of nitriles is 1. The standard InChI is InChI=1S/C18H19N3O/c1-12(2)15-9-6-7-13(3)17(15)21-18(22)20-16-10-5-4-8-14(16)11-19/h4-10,12H,1-3H3,(H2,20,21,22). The molecular formula is C18H19N3O. The minimum Gasteiger partial charge on any atom is -0.307 e. The molecule has 0 aromatic heterocycles. The van der Waals surface area contributed by atoms with Crippen molar-refractivity contribution >= 4 is 17.4 Å². The van der Waals surface area contributed by atoms with Gasteiger partial charge in [0.2, 0.25) is 0 Å². The fourth-order valence-electron chi connectivity index (χ4n) is 2.30. The SMILES string of the molecule is Cc1cccc(C(C)C)c1NC(=O)Nc1ccccc1C#N. The highest BCUT2D eigenvalue weighted by Gasteiger charge is 2.12. The number of amides is 2. The lowest BCUT2D eigenvalue weighted by atomic mass is 9.98. The van der Waals surface area contributed by atoms with Gasteiger partial charge in [0.25, 0.3) is 0 Å². The summed E-state index contributed by atoms with van der Waals surface area (Å²) < 4.78 is 0. The molecule has 0 atom stereocenters. The molecular weight excluding hydrogens is 274 g/mol. The van der Waals surface area contributed by atoms with Crippen LogP contribution in [0.2, 0.25) is 0 Å². The van der Waals surface area contributed by atoms with Crippen molar-refractivity contribution in [2.45, 2.75) is 26.7 Å². The molecule has 4 nitrogen and oxygen atoms in total. The van der Waals surface area contributed by atoms with Crippen LogP contribution in [0.3, 0.4) is 0 Å². The van der Waals surface area contributed by atoms with Gasteiger partial charge in [0.15, 0.2) is 0 Å². The van der Waals surface area contributed by atoms with Crippen molar-refractivity contribution in [2.24, 2.45) is 0 Å². The molecule has 0 heterocycles. The Morgan fingerprint density at radius 2 is 1.82 bits per heavy atom. The number of hydrogen-bond acceptors (Lipinski definition) is 2. The molecule has 2 N–H and O–H groups in total. The minimum atomic E-state index is -0.348. The Balaban J connectivity index is 2.22. The van der Waals surface area contributed by atoms with Gasteiger partial charge < -0.3 is 10.6 Å². The van der Waals surface area contributed by atoms with E-state index in [9.17, 15) is 4.79 Å². The quantitative estimate of drug-likeness (QED) is 0.866. The number of para-hydroxylation sites is 2. The van der Waals surface area contributed by atoms with Gasteiger partial charge in [-0.25, -0.2) is 4.79 Å². The molecule has 22 heavy (non-hydrogen) atoms. The van der Waals surface area contributed by atoms with Gasteiger partial charge in [-0.3, -0.25) is 0 Å². The van der Waals surface area contributed by atoms with Gasteiger partial charge in [0.05, 0.1) is 11.3 Å². The minimum absolute atomic E-state index is 0.307. The number of nitrogens with one attached hydrogen (secondary N) is 2. The largest absolute Gasteiger partial charge is 0.323 e. The molecule has 0 saturated heterocycles. The van der Waals surface area contributed by atoms with Crippen LogP contribution in [0.25, 0.3) is 0 Å². The Kier molecular flexibility index (Phi) is 4.80. The Morgan fingerprint density at radius 3 is 2.50 bits per heavy atom. The number of anilines is 2. The van der Waals surface area contributed by atoms with E-state index in [0.29, 0.717) is 17.2 Å². The number of benzene rings is 2. The van der Waals surface area contributed by atoms with Crippen LogP contribution in [-0.4, -0.2) is 6.03 Å². The van der Waals surface area contributed by atoms with Crippen molar-refractivity contribution in [1.29, 1.82) is 5.26 Å². The van der Waals surface area contributed by atoms with E-state index in [1.54, 1.807) is 24.3 Å². The average molecular weight is 293 g/mol. The van der Waals surface area contributed by atoms with Crippen molar-refractivity contribution in [3.8, 4) is 6.07 Å². The first-order valence-corrected chi connectivity index (χ1v) is 7.19. The molecule has 0 aliphatic heterocycles. The van der Waals surface area contributed by atoms with Gasteiger partial charge in [0, 0.05) is 5.69 Å². The van der Waals surface area contributed by atoms with Gasteiger partial charge in [-0.15, -0.1) is 0 Å². The van der Waals surface area contributed by atoms with Gasteiger partial charge in [-0.2, -0.15) is 5.26 Å². The predicted molar refractivity (Wildman–Crippen MR) is 89.1 cm³/mol. The zero-order valence-corrected chi connectivity index (χ0v) is 13.0. The Bertz CT molecular complexity index is 729. The number of rotatable bonds is 3. The molecule has 0 spiro atoms. The van der Waals surface area contributed by atoms with Crippen LogP contribution >= 0.6 is 0 Å². The molecule has 0 aliphatic carbocycles. The van der Waals surface area contributed by atoms with E-state index in [1.807, 2.05) is 25.1 Å². The van der Waals surface area contributed by atoms with E-state index in [1.165, 1.54) is 0 Å². The summed E-state index contributed by atoms with van der Waals surface area (Å²) in [5.74, 6) is 0.307. The van der Waals surface area contributed by atoms with Gasteiger partial charge in [0.1, 0.15) is 6.07 Å². The van der Waals surface area contributed by atoms with E-state index >= 15 is 0 Å². The smallest absolute Gasteiger partial charge is 0.307 e. The number of nitrogens with zero attached hydrogens (tertiary/aromatic N) is 1. The fourth-order valence-corrected chi connectivity index (χ4v) is 2.30. The summed E-state index contributed by atoms with van der Waals surface area (Å²) in [5, 5.41) is 14.7. The maximum atomic E-state index is 12.2. The van der Waals surface area contributed by atoms with Crippen LogP contribution in [0, 0.1) is 18.3 Å². The Labute approximate surface area is 130 Å². The second kappa shape index (κ2) is 6.77. The molecule has 0 saturated carbocycles. The third-order valence-corrected chi connectivity index (χ3v) is 3.46. The summed E-state index contributed by atoms with van der Waals surface area (Å²) in [6, 6.07) is 14.6. The van der Waals surface area contributed by atoms with Crippen LogP contribution in [-0.2, 0) is 0 Å². The van der Waals surface area contributed by atoms with Crippen molar-refractivity contribution in [3.05, 3.63) is 59.2 Å². The summed E-state index contributed by atoms with van der Waals surface area (Å²) in [6.45, 7) is 6.14. The van der Waals surface area contributed by atoms with E-state index in [2.05, 4.69) is 30.6 Å². The highest BCUT2D eigenvalue weighted by Crippen LogP contribution is 2.27. The molecule has 0 aliphatic rings. The lowest BCUT2D eigenvalue weighted by molar-refractivity contribution is 0.262. The number of carbonyl (C=O) groups is 1. The molecule has 2 aromatic rings. The van der Waals surface area contributed by atoms with Crippen LogP contribution < -0.4 is 10.6 Å².